The normalized spacial score (nSPS) is 16.4. The van der Waals surface area contributed by atoms with Gasteiger partial charge in [-0.3, -0.25) is 4.79 Å². The van der Waals surface area contributed by atoms with E-state index in [1.54, 1.807) is 7.11 Å². The molecule has 0 saturated carbocycles. The van der Waals surface area contributed by atoms with Crippen LogP contribution in [0.15, 0.2) is 48.5 Å². The maximum Gasteiger partial charge on any atom is 0.339 e. The van der Waals surface area contributed by atoms with Gasteiger partial charge >= 0.3 is 11.9 Å². The third-order valence-electron chi connectivity index (χ3n) is 4.38. The first-order chi connectivity index (χ1) is 12.2. The number of benzene rings is 3. The highest BCUT2D eigenvalue weighted by atomic mass is 16.6. The third kappa shape index (κ3) is 2.58. The first-order valence-electron chi connectivity index (χ1n) is 8.03. The lowest BCUT2D eigenvalue weighted by atomic mass is 9.95. The molecule has 126 valence electrons. The van der Waals surface area contributed by atoms with E-state index < -0.39 is 5.97 Å². The van der Waals surface area contributed by atoms with Crippen LogP contribution in [0.4, 0.5) is 0 Å². The predicted molar refractivity (Wildman–Crippen MR) is 92.8 cm³/mol. The predicted octanol–water partition coefficient (Wildman–Crippen LogP) is 3.47. The average molecular weight is 336 g/mol. The maximum absolute atomic E-state index is 12.8. The monoisotopic (exact) mass is 336 g/mol. The molecule has 1 aliphatic rings. The Hall–Kier alpha value is -3.08. The lowest BCUT2D eigenvalue weighted by molar-refractivity contribution is -0.173. The zero-order valence-corrected chi connectivity index (χ0v) is 13.7. The summed E-state index contributed by atoms with van der Waals surface area (Å²) in [6, 6.07) is 15.2. The van der Waals surface area contributed by atoms with Crippen LogP contribution in [0.2, 0.25) is 0 Å². The Balaban J connectivity index is 1.83. The van der Waals surface area contributed by atoms with E-state index >= 15 is 0 Å². The molecule has 0 spiro atoms. The number of cyclic esters (lactones) is 1. The molecule has 1 fully saturated rings. The molecule has 1 saturated heterocycles. The second-order valence-corrected chi connectivity index (χ2v) is 5.91. The van der Waals surface area contributed by atoms with Crippen molar-refractivity contribution in [2.24, 2.45) is 0 Å². The number of carbonyl (C=O) groups is 2. The van der Waals surface area contributed by atoms with Crippen molar-refractivity contribution in [2.45, 2.75) is 12.5 Å². The molecule has 5 nitrogen and oxygen atoms in total. The molecular weight excluding hydrogens is 320 g/mol. The SMILES string of the molecule is COc1c2ccccc2c(C(=O)OCC2CC(=O)O2)c2ccccc12. The van der Waals surface area contributed by atoms with Crippen molar-refractivity contribution < 1.29 is 23.8 Å². The van der Waals surface area contributed by atoms with Gasteiger partial charge in [0.1, 0.15) is 18.5 Å². The van der Waals surface area contributed by atoms with Gasteiger partial charge in [-0.2, -0.15) is 0 Å². The van der Waals surface area contributed by atoms with Crippen LogP contribution in [-0.2, 0) is 14.3 Å². The van der Waals surface area contributed by atoms with Gasteiger partial charge < -0.3 is 14.2 Å². The van der Waals surface area contributed by atoms with Crippen LogP contribution in [0.5, 0.6) is 5.75 Å². The first kappa shape index (κ1) is 15.4. The van der Waals surface area contributed by atoms with Gasteiger partial charge in [0.15, 0.2) is 0 Å². The number of fused-ring (bicyclic) bond motifs is 2. The van der Waals surface area contributed by atoms with E-state index in [1.807, 2.05) is 48.5 Å². The minimum atomic E-state index is -0.432. The summed E-state index contributed by atoms with van der Waals surface area (Å²) in [4.78, 5) is 23.7. The molecule has 3 aromatic rings. The second kappa shape index (κ2) is 6.09. The molecule has 0 amide bonds. The van der Waals surface area contributed by atoms with Gasteiger partial charge in [-0.1, -0.05) is 48.5 Å². The van der Waals surface area contributed by atoms with Crippen LogP contribution in [-0.4, -0.2) is 31.8 Å². The number of hydrogen-bond donors (Lipinski definition) is 0. The van der Waals surface area contributed by atoms with E-state index in [2.05, 4.69) is 0 Å². The molecule has 0 aromatic heterocycles. The lowest BCUT2D eigenvalue weighted by Crippen LogP contribution is -2.37. The molecule has 3 aromatic carbocycles. The smallest absolute Gasteiger partial charge is 0.339 e. The number of methoxy groups -OCH3 is 1. The van der Waals surface area contributed by atoms with Crippen molar-refractivity contribution in [2.75, 3.05) is 13.7 Å². The van der Waals surface area contributed by atoms with Crippen LogP contribution < -0.4 is 4.74 Å². The average Bonchev–Trinajstić information content (AvgIpc) is 2.61. The molecule has 1 unspecified atom stereocenters. The summed E-state index contributed by atoms with van der Waals surface area (Å²) in [6.45, 7) is 0.0687. The Morgan fingerprint density at radius 2 is 1.56 bits per heavy atom. The largest absolute Gasteiger partial charge is 0.495 e. The summed E-state index contributed by atoms with van der Waals surface area (Å²) in [7, 11) is 1.62. The van der Waals surface area contributed by atoms with E-state index in [4.69, 9.17) is 14.2 Å². The molecule has 0 radical (unpaired) electrons. The van der Waals surface area contributed by atoms with Crippen molar-refractivity contribution in [3.05, 3.63) is 54.1 Å². The van der Waals surface area contributed by atoms with E-state index in [9.17, 15) is 9.59 Å². The molecule has 0 N–H and O–H groups in total. The van der Waals surface area contributed by atoms with E-state index in [1.165, 1.54) is 0 Å². The minimum Gasteiger partial charge on any atom is -0.495 e. The first-order valence-corrected chi connectivity index (χ1v) is 8.03. The highest BCUT2D eigenvalue weighted by Crippen LogP contribution is 2.38. The fourth-order valence-electron chi connectivity index (χ4n) is 3.22. The van der Waals surface area contributed by atoms with Crippen LogP contribution in [0.1, 0.15) is 16.8 Å². The van der Waals surface area contributed by atoms with Crippen molar-refractivity contribution in [1.29, 1.82) is 0 Å². The van der Waals surface area contributed by atoms with Crippen molar-refractivity contribution in [3.8, 4) is 5.75 Å². The summed E-state index contributed by atoms with van der Waals surface area (Å²) in [6.07, 6.45) is -0.0515. The van der Waals surface area contributed by atoms with Gasteiger partial charge in [0.25, 0.3) is 0 Å². The number of ether oxygens (including phenoxy) is 3. The molecule has 4 rings (SSSR count). The molecule has 5 heteroatoms. The zero-order chi connectivity index (χ0) is 17.4. The zero-order valence-electron chi connectivity index (χ0n) is 13.7. The molecule has 0 aliphatic carbocycles. The molecule has 1 heterocycles. The van der Waals surface area contributed by atoms with Crippen molar-refractivity contribution in [3.63, 3.8) is 0 Å². The number of carbonyl (C=O) groups excluding carboxylic acids is 2. The maximum atomic E-state index is 12.8. The van der Waals surface area contributed by atoms with Gasteiger partial charge in [-0.05, 0) is 0 Å². The standard InChI is InChI=1S/C20H16O5/c1-23-19-15-8-4-2-6-13(15)18(14-7-3-5-9-16(14)19)20(22)24-11-12-10-17(21)25-12/h2-9,12H,10-11H2,1H3. The summed E-state index contributed by atoms with van der Waals surface area (Å²) >= 11 is 0. The minimum absolute atomic E-state index is 0.0687. The van der Waals surface area contributed by atoms with Gasteiger partial charge in [-0.15, -0.1) is 0 Å². The Labute approximate surface area is 144 Å². The fraction of sp³-hybridized carbons (Fsp3) is 0.200. The van der Waals surface area contributed by atoms with Crippen molar-refractivity contribution in [1.82, 2.24) is 0 Å². The highest BCUT2D eigenvalue weighted by Gasteiger charge is 2.30. The van der Waals surface area contributed by atoms with Gasteiger partial charge in [0.05, 0.1) is 19.1 Å². The van der Waals surface area contributed by atoms with Crippen LogP contribution in [0.3, 0.4) is 0 Å². The summed E-state index contributed by atoms with van der Waals surface area (Å²) in [5.74, 6) is 0.0371. The Morgan fingerprint density at radius 1 is 1.04 bits per heavy atom. The summed E-state index contributed by atoms with van der Waals surface area (Å²) < 4.78 is 15.9. The summed E-state index contributed by atoms with van der Waals surface area (Å²) in [5, 5.41) is 3.25. The number of esters is 2. The van der Waals surface area contributed by atoms with Gasteiger partial charge in [0, 0.05) is 21.5 Å². The Kier molecular flexibility index (Phi) is 3.76. The molecule has 0 bridgehead atoms. The quantitative estimate of drug-likeness (QED) is 0.539. The Morgan fingerprint density at radius 3 is 2.04 bits per heavy atom. The lowest BCUT2D eigenvalue weighted by Gasteiger charge is -2.25. The van der Waals surface area contributed by atoms with E-state index in [-0.39, 0.29) is 25.1 Å². The molecule has 1 atom stereocenters. The third-order valence-corrected chi connectivity index (χ3v) is 4.38. The van der Waals surface area contributed by atoms with Gasteiger partial charge in [-0.25, -0.2) is 4.79 Å². The van der Waals surface area contributed by atoms with E-state index in [0.29, 0.717) is 5.56 Å². The van der Waals surface area contributed by atoms with Gasteiger partial charge in [0.2, 0.25) is 0 Å². The number of hydrogen-bond acceptors (Lipinski definition) is 5. The van der Waals surface area contributed by atoms with Crippen LogP contribution >= 0.6 is 0 Å². The highest BCUT2D eigenvalue weighted by molar-refractivity contribution is 6.19. The van der Waals surface area contributed by atoms with Crippen molar-refractivity contribution >= 4 is 33.5 Å². The van der Waals surface area contributed by atoms with E-state index in [0.717, 1.165) is 27.3 Å². The molecule has 25 heavy (non-hydrogen) atoms. The van der Waals surface area contributed by atoms with Crippen LogP contribution in [0.25, 0.3) is 21.5 Å². The summed E-state index contributed by atoms with van der Waals surface area (Å²) in [5.41, 5.74) is 0.498. The Bertz CT molecular complexity index is 927. The number of rotatable bonds is 4. The molecular formula is C20H16O5. The topological polar surface area (TPSA) is 61.8 Å². The second-order valence-electron chi connectivity index (χ2n) is 5.91. The molecule has 1 aliphatic heterocycles. The fourth-order valence-corrected chi connectivity index (χ4v) is 3.22. The van der Waals surface area contributed by atoms with Crippen LogP contribution in [0, 0.1) is 0 Å².